The van der Waals surface area contributed by atoms with Gasteiger partial charge in [0.05, 0.1) is 24.1 Å². The Morgan fingerprint density at radius 1 is 1.12 bits per heavy atom. The number of carbonyl (C=O) groups excluding carboxylic acids is 1. The molecule has 3 heterocycles. The second-order valence-electron chi connectivity index (χ2n) is 7.88. The fourth-order valence-electron chi connectivity index (χ4n) is 4.29. The quantitative estimate of drug-likeness (QED) is 0.382. The minimum atomic E-state index is -0.661. The molecule has 34 heavy (non-hydrogen) atoms. The molecule has 0 unspecified atom stereocenters. The molecule has 0 radical (unpaired) electrons. The maximum absolute atomic E-state index is 13.6. The smallest absolute Gasteiger partial charge is 0.291 e. The highest BCUT2D eigenvalue weighted by atomic mass is 16.5. The lowest BCUT2D eigenvalue weighted by Gasteiger charge is -2.25. The standard InChI is InChI=1S/C27H22N2O5/c1-3-13-33-21-11-10-18(14-22(21)32-2)24-23-25(30)19-8-4-5-9-20(19)34-26(23)27(31)29(24)16-17-7-6-12-28-15-17/h3-12,14-15,24H,1,13,16H2,2H3/t24-/m1/s1. The Bertz CT molecular complexity index is 1440. The average molecular weight is 454 g/mol. The van der Waals surface area contributed by atoms with Crippen LogP contribution in [0.2, 0.25) is 0 Å². The maximum Gasteiger partial charge on any atom is 0.291 e. The Kier molecular flexibility index (Phi) is 5.59. The number of benzene rings is 2. The second kappa shape index (κ2) is 8.86. The summed E-state index contributed by atoms with van der Waals surface area (Å²) in [6.45, 7) is 4.25. The number of para-hydroxylation sites is 1. The van der Waals surface area contributed by atoms with Crippen molar-refractivity contribution in [3.05, 3.63) is 112 Å². The van der Waals surface area contributed by atoms with E-state index >= 15 is 0 Å². The Balaban J connectivity index is 1.69. The topological polar surface area (TPSA) is 81.9 Å². The zero-order valence-electron chi connectivity index (χ0n) is 18.6. The number of aromatic nitrogens is 1. The van der Waals surface area contributed by atoms with E-state index in [1.807, 2.05) is 18.2 Å². The Hall–Kier alpha value is -4.39. The van der Waals surface area contributed by atoms with Crippen LogP contribution in [0.4, 0.5) is 0 Å². The highest BCUT2D eigenvalue weighted by molar-refractivity contribution is 5.99. The monoisotopic (exact) mass is 454 g/mol. The van der Waals surface area contributed by atoms with Crippen molar-refractivity contribution in [1.82, 2.24) is 9.88 Å². The van der Waals surface area contributed by atoms with Gasteiger partial charge in [0.25, 0.3) is 5.91 Å². The SMILES string of the molecule is C=CCOc1ccc([C@@H]2c3c(oc4ccccc4c3=O)C(=O)N2Cc2cccnc2)cc1OC. The summed E-state index contributed by atoms with van der Waals surface area (Å²) in [5.74, 6) is 0.744. The molecule has 0 saturated heterocycles. The number of ether oxygens (including phenoxy) is 2. The van der Waals surface area contributed by atoms with Gasteiger partial charge in [0.2, 0.25) is 5.76 Å². The largest absolute Gasteiger partial charge is 0.493 e. The van der Waals surface area contributed by atoms with E-state index in [2.05, 4.69) is 11.6 Å². The predicted molar refractivity (Wildman–Crippen MR) is 127 cm³/mol. The Morgan fingerprint density at radius 3 is 2.74 bits per heavy atom. The molecule has 7 nitrogen and oxygen atoms in total. The van der Waals surface area contributed by atoms with Gasteiger partial charge in [-0.25, -0.2) is 0 Å². The number of rotatable bonds is 7. The van der Waals surface area contributed by atoms with Crippen molar-refractivity contribution < 1.29 is 18.7 Å². The van der Waals surface area contributed by atoms with Gasteiger partial charge in [-0.3, -0.25) is 14.6 Å². The fraction of sp³-hybridized carbons (Fsp3) is 0.148. The van der Waals surface area contributed by atoms with Crippen molar-refractivity contribution in [3.8, 4) is 11.5 Å². The Morgan fingerprint density at radius 2 is 1.97 bits per heavy atom. The van der Waals surface area contributed by atoms with Crippen molar-refractivity contribution in [3.63, 3.8) is 0 Å². The lowest BCUT2D eigenvalue weighted by atomic mass is 9.98. The lowest BCUT2D eigenvalue weighted by Crippen LogP contribution is -2.29. The van der Waals surface area contributed by atoms with Crippen LogP contribution in [0.15, 0.2) is 88.9 Å². The molecule has 1 amide bonds. The van der Waals surface area contributed by atoms with Crippen molar-refractivity contribution in [2.45, 2.75) is 12.6 Å². The number of hydrogen-bond donors (Lipinski definition) is 0. The van der Waals surface area contributed by atoms with Crippen LogP contribution >= 0.6 is 0 Å². The van der Waals surface area contributed by atoms with Gasteiger partial charge in [0, 0.05) is 18.9 Å². The van der Waals surface area contributed by atoms with Crippen LogP contribution in [0.1, 0.15) is 33.3 Å². The normalized spacial score (nSPS) is 14.8. The molecular weight excluding hydrogens is 432 g/mol. The van der Waals surface area contributed by atoms with E-state index < -0.39 is 6.04 Å². The third-order valence-corrected chi connectivity index (χ3v) is 5.81. The summed E-state index contributed by atoms with van der Waals surface area (Å²) >= 11 is 0. The van der Waals surface area contributed by atoms with E-state index in [9.17, 15) is 9.59 Å². The highest BCUT2D eigenvalue weighted by Gasteiger charge is 2.43. The van der Waals surface area contributed by atoms with Crippen LogP contribution in [0, 0.1) is 0 Å². The van der Waals surface area contributed by atoms with Gasteiger partial charge in [-0.2, -0.15) is 0 Å². The molecule has 0 bridgehead atoms. The molecule has 0 N–H and O–H groups in total. The molecule has 0 spiro atoms. The molecule has 1 atom stereocenters. The van der Waals surface area contributed by atoms with Crippen LogP contribution in [0.5, 0.6) is 11.5 Å². The van der Waals surface area contributed by atoms with Crippen LogP contribution in [0.3, 0.4) is 0 Å². The van der Waals surface area contributed by atoms with Crippen LogP contribution in [-0.2, 0) is 6.54 Å². The molecule has 170 valence electrons. The molecule has 0 saturated carbocycles. The van der Waals surface area contributed by atoms with Crippen LogP contribution in [0.25, 0.3) is 11.0 Å². The molecular formula is C27H22N2O5. The first kappa shape index (κ1) is 21.5. The zero-order chi connectivity index (χ0) is 23.7. The minimum absolute atomic E-state index is 0.0588. The summed E-state index contributed by atoms with van der Waals surface area (Å²) in [6, 6.07) is 15.4. The molecule has 7 heteroatoms. The Labute approximate surface area is 195 Å². The fourth-order valence-corrected chi connectivity index (χ4v) is 4.29. The summed E-state index contributed by atoms with van der Waals surface area (Å²) in [6.07, 6.45) is 5.02. The number of nitrogens with zero attached hydrogens (tertiary/aromatic N) is 2. The first-order chi connectivity index (χ1) is 16.6. The van der Waals surface area contributed by atoms with Gasteiger partial charge in [-0.15, -0.1) is 0 Å². The van der Waals surface area contributed by atoms with Crippen molar-refractivity contribution in [2.75, 3.05) is 13.7 Å². The summed E-state index contributed by atoms with van der Waals surface area (Å²) in [5.41, 5.74) is 2.02. The molecule has 2 aromatic heterocycles. The lowest BCUT2D eigenvalue weighted by molar-refractivity contribution is 0.0714. The predicted octanol–water partition coefficient (Wildman–Crippen LogP) is 4.51. The number of fused-ring (bicyclic) bond motifs is 2. The van der Waals surface area contributed by atoms with Crippen LogP contribution < -0.4 is 14.9 Å². The highest BCUT2D eigenvalue weighted by Crippen LogP contribution is 2.41. The van der Waals surface area contributed by atoms with Crippen molar-refractivity contribution >= 4 is 16.9 Å². The third kappa shape index (κ3) is 3.61. The van der Waals surface area contributed by atoms with E-state index in [0.29, 0.717) is 40.2 Å². The third-order valence-electron chi connectivity index (χ3n) is 5.81. The first-order valence-corrected chi connectivity index (χ1v) is 10.8. The van der Waals surface area contributed by atoms with E-state index in [1.54, 1.807) is 66.9 Å². The first-order valence-electron chi connectivity index (χ1n) is 10.8. The van der Waals surface area contributed by atoms with Gasteiger partial charge < -0.3 is 18.8 Å². The molecule has 5 rings (SSSR count). The number of pyridine rings is 1. The van der Waals surface area contributed by atoms with E-state index in [-0.39, 0.29) is 23.6 Å². The second-order valence-corrected chi connectivity index (χ2v) is 7.88. The molecule has 1 aliphatic rings. The summed E-state index contributed by atoms with van der Waals surface area (Å²) in [4.78, 5) is 32.9. The minimum Gasteiger partial charge on any atom is -0.493 e. The van der Waals surface area contributed by atoms with Gasteiger partial charge in [0.1, 0.15) is 12.2 Å². The van der Waals surface area contributed by atoms with Gasteiger partial charge >= 0.3 is 0 Å². The summed E-state index contributed by atoms with van der Waals surface area (Å²) in [7, 11) is 1.54. The van der Waals surface area contributed by atoms with E-state index in [4.69, 9.17) is 13.9 Å². The molecule has 2 aromatic carbocycles. The zero-order valence-corrected chi connectivity index (χ0v) is 18.6. The number of carbonyl (C=O) groups is 1. The molecule has 0 aliphatic carbocycles. The molecule has 0 fully saturated rings. The number of hydrogen-bond acceptors (Lipinski definition) is 6. The summed E-state index contributed by atoms with van der Waals surface area (Å²) < 4.78 is 17.2. The summed E-state index contributed by atoms with van der Waals surface area (Å²) in [5, 5.41) is 0.431. The molecule has 4 aromatic rings. The number of methoxy groups -OCH3 is 1. The van der Waals surface area contributed by atoms with Gasteiger partial charge in [0.15, 0.2) is 16.9 Å². The van der Waals surface area contributed by atoms with Crippen molar-refractivity contribution in [1.29, 1.82) is 0 Å². The van der Waals surface area contributed by atoms with Gasteiger partial charge in [-0.05, 0) is 41.5 Å². The van der Waals surface area contributed by atoms with Gasteiger partial charge in [-0.1, -0.05) is 36.9 Å². The van der Waals surface area contributed by atoms with E-state index in [0.717, 1.165) is 5.56 Å². The maximum atomic E-state index is 13.6. The average Bonchev–Trinajstić information content (AvgIpc) is 3.15. The van der Waals surface area contributed by atoms with E-state index in [1.165, 1.54) is 0 Å². The van der Waals surface area contributed by atoms with Crippen LogP contribution in [-0.4, -0.2) is 29.5 Å². The molecule has 1 aliphatic heterocycles. The van der Waals surface area contributed by atoms with Crippen molar-refractivity contribution in [2.24, 2.45) is 0 Å². The number of amides is 1.